The summed E-state index contributed by atoms with van der Waals surface area (Å²) in [4.78, 5) is 59.5. The first kappa shape index (κ1) is 77.4. The highest BCUT2D eigenvalue weighted by Crippen LogP contribution is 2.18. The summed E-state index contributed by atoms with van der Waals surface area (Å²) in [7, 11) is 0. The van der Waals surface area contributed by atoms with Gasteiger partial charge < -0.3 is 29.8 Å². The second-order valence-corrected chi connectivity index (χ2v) is 23.0. The third-order valence-electron chi connectivity index (χ3n) is 15.1. The molecule has 0 fully saturated rings. The van der Waals surface area contributed by atoms with Crippen molar-refractivity contribution in [1.82, 2.24) is 0 Å². The molecule has 1 unspecified atom stereocenters. The van der Waals surface area contributed by atoms with Crippen LogP contribution in [0, 0.1) is 0 Å². The number of ether oxygens (including phenoxy) is 4. The van der Waals surface area contributed by atoms with Gasteiger partial charge in [0.2, 0.25) is 0 Å². The summed E-state index contributed by atoms with van der Waals surface area (Å²) < 4.78 is 21.8. The van der Waals surface area contributed by atoms with Gasteiger partial charge in [-0.3, -0.25) is 24.0 Å². The fourth-order valence-electron chi connectivity index (χ4n) is 9.83. The first-order valence-corrected chi connectivity index (χ1v) is 33.8. The molecular formula is C67H129NO10. The number of unbranched alkanes of at least 4 members (excludes halogenated alkanes) is 44. The Morgan fingerprint density at radius 1 is 0.321 bits per heavy atom. The van der Waals surface area contributed by atoms with Gasteiger partial charge in [-0.1, -0.05) is 310 Å². The van der Waals surface area contributed by atoms with E-state index in [-0.39, 0.29) is 44.0 Å². The lowest BCUT2D eigenvalue weighted by molar-refractivity contribution is -0.167. The number of carboxylic acid groups (broad SMARTS) is 1. The van der Waals surface area contributed by atoms with Crippen molar-refractivity contribution in [2.24, 2.45) is 5.73 Å². The molecule has 11 heteroatoms. The average Bonchev–Trinajstić information content (AvgIpc) is 3.43. The van der Waals surface area contributed by atoms with E-state index < -0.39 is 24.1 Å². The highest BCUT2D eigenvalue weighted by molar-refractivity contribution is 5.76. The number of rotatable bonds is 61. The summed E-state index contributed by atoms with van der Waals surface area (Å²) in [6.45, 7) is 9.13. The topological polar surface area (TPSA) is 169 Å². The van der Waals surface area contributed by atoms with Crippen LogP contribution in [-0.2, 0) is 42.9 Å². The maximum Gasteiger partial charge on any atom is 0.322 e. The lowest BCUT2D eigenvalue weighted by atomic mass is 10.0. The molecule has 0 aliphatic carbocycles. The molecule has 1 atom stereocenters. The summed E-state index contributed by atoms with van der Waals surface area (Å²) in [5.41, 5.74) is 5.44. The summed E-state index contributed by atoms with van der Waals surface area (Å²) in [5, 5.41) is 8.38. The van der Waals surface area contributed by atoms with Crippen LogP contribution in [0.3, 0.4) is 0 Å². The number of esters is 4. The van der Waals surface area contributed by atoms with Gasteiger partial charge in [-0.05, 0) is 32.1 Å². The molecule has 0 bridgehead atoms. The number of carbonyl (C=O) groups excluding carboxylic acids is 4. The largest absolute Gasteiger partial charge is 0.481 e. The van der Waals surface area contributed by atoms with Crippen molar-refractivity contribution in [3.63, 3.8) is 0 Å². The number of nitrogens with two attached hydrogens (primary N) is 1. The molecule has 0 aromatic heterocycles. The number of hydrogen-bond acceptors (Lipinski definition) is 10. The Kier molecular flexibility index (Phi) is 64.6. The third-order valence-corrected chi connectivity index (χ3v) is 15.1. The van der Waals surface area contributed by atoms with Crippen LogP contribution in [0.1, 0.15) is 368 Å². The Balaban J connectivity index is 0. The van der Waals surface area contributed by atoms with Crippen LogP contribution < -0.4 is 5.73 Å². The molecule has 462 valence electrons. The minimum atomic E-state index is -0.954. The van der Waals surface area contributed by atoms with Crippen molar-refractivity contribution in [3.8, 4) is 0 Å². The monoisotopic (exact) mass is 1110 g/mol. The van der Waals surface area contributed by atoms with Crippen molar-refractivity contribution in [1.29, 1.82) is 0 Å². The standard InChI is InChI=1S/C57H110O6.C10H19NO4/c1-4-7-10-13-16-19-22-25-28-31-34-37-40-43-46-49-55(58)61-52-54(63-57(60)51-48-45-42-39-36-33-30-27-24-21-18-15-12-9-6-3)53-62-56(59)50-47-44-41-38-35-32-29-26-23-20-17-14-11-8-5-2;1-2-3-4-7-15-10(14)8(11)5-6-9(12)13/h54H,4-53H2,1-3H3;8H,2-7,11H2,1H3,(H,12,13). The minimum absolute atomic E-state index is 0.0611. The molecular weight excluding hydrogens is 979 g/mol. The molecule has 0 amide bonds. The van der Waals surface area contributed by atoms with E-state index in [2.05, 4.69) is 27.7 Å². The molecule has 3 N–H and O–H groups in total. The van der Waals surface area contributed by atoms with Crippen molar-refractivity contribution in [2.45, 2.75) is 380 Å². The van der Waals surface area contributed by atoms with Crippen LogP contribution in [0.2, 0.25) is 0 Å². The normalized spacial score (nSPS) is 11.6. The maximum absolute atomic E-state index is 12.8. The molecule has 0 aliphatic heterocycles. The second-order valence-electron chi connectivity index (χ2n) is 23.0. The van der Waals surface area contributed by atoms with Crippen LogP contribution in [0.25, 0.3) is 0 Å². The van der Waals surface area contributed by atoms with Crippen LogP contribution >= 0.6 is 0 Å². The third kappa shape index (κ3) is 64.1. The Labute approximate surface area is 481 Å². The predicted molar refractivity (Wildman–Crippen MR) is 326 cm³/mol. The molecule has 0 spiro atoms. The number of carboxylic acids is 1. The van der Waals surface area contributed by atoms with Gasteiger partial charge >= 0.3 is 29.8 Å². The van der Waals surface area contributed by atoms with Gasteiger partial charge in [0.05, 0.1) is 6.61 Å². The molecule has 78 heavy (non-hydrogen) atoms. The zero-order chi connectivity index (χ0) is 57.5. The second kappa shape index (κ2) is 65.1. The van der Waals surface area contributed by atoms with Gasteiger partial charge in [0.25, 0.3) is 0 Å². The van der Waals surface area contributed by atoms with E-state index in [1.165, 1.54) is 231 Å². The van der Waals surface area contributed by atoms with Gasteiger partial charge in [-0.15, -0.1) is 0 Å². The van der Waals surface area contributed by atoms with E-state index in [0.29, 0.717) is 25.9 Å². The fourth-order valence-corrected chi connectivity index (χ4v) is 9.83. The molecule has 0 saturated carbocycles. The first-order chi connectivity index (χ1) is 38.1. The molecule has 11 nitrogen and oxygen atoms in total. The first-order valence-electron chi connectivity index (χ1n) is 33.8. The van der Waals surface area contributed by atoms with Crippen LogP contribution in [0.5, 0.6) is 0 Å². The van der Waals surface area contributed by atoms with Crippen molar-refractivity contribution in [3.05, 3.63) is 0 Å². The van der Waals surface area contributed by atoms with Crippen LogP contribution in [0.4, 0.5) is 0 Å². The smallest absolute Gasteiger partial charge is 0.322 e. The summed E-state index contributed by atoms with van der Waals surface area (Å²) in [6.07, 6.45) is 60.9. The van der Waals surface area contributed by atoms with Gasteiger partial charge in [0.15, 0.2) is 6.10 Å². The lowest BCUT2D eigenvalue weighted by Gasteiger charge is -2.18. The average molecular weight is 1110 g/mol. The van der Waals surface area contributed by atoms with Gasteiger partial charge in [0.1, 0.15) is 19.3 Å². The van der Waals surface area contributed by atoms with Crippen LogP contribution in [-0.4, -0.2) is 66.9 Å². The summed E-state index contributed by atoms with van der Waals surface area (Å²) in [6, 6.07) is -0.817. The highest BCUT2D eigenvalue weighted by atomic mass is 16.6. The van der Waals surface area contributed by atoms with Crippen LogP contribution in [0.15, 0.2) is 0 Å². The molecule has 0 aliphatic rings. The lowest BCUT2D eigenvalue weighted by Crippen LogP contribution is -2.33. The Morgan fingerprint density at radius 2 is 0.564 bits per heavy atom. The zero-order valence-corrected chi connectivity index (χ0v) is 52.0. The summed E-state index contributed by atoms with van der Waals surface area (Å²) in [5.74, 6) is -2.29. The molecule has 0 rings (SSSR count). The van der Waals surface area contributed by atoms with Gasteiger partial charge in [-0.2, -0.15) is 0 Å². The van der Waals surface area contributed by atoms with E-state index in [1.807, 2.05) is 0 Å². The van der Waals surface area contributed by atoms with Crippen molar-refractivity contribution in [2.75, 3.05) is 19.8 Å². The molecule has 0 heterocycles. The molecule has 0 aromatic rings. The Bertz CT molecular complexity index is 1240. The Morgan fingerprint density at radius 3 is 0.833 bits per heavy atom. The van der Waals surface area contributed by atoms with E-state index in [9.17, 15) is 24.0 Å². The van der Waals surface area contributed by atoms with E-state index in [0.717, 1.165) is 77.0 Å². The van der Waals surface area contributed by atoms with E-state index >= 15 is 0 Å². The fraction of sp³-hybridized carbons (Fsp3) is 0.925. The molecule has 0 aromatic carbocycles. The quantitative estimate of drug-likeness (QED) is 0.0338. The summed E-state index contributed by atoms with van der Waals surface area (Å²) >= 11 is 0. The van der Waals surface area contributed by atoms with E-state index in [4.69, 9.17) is 29.8 Å². The van der Waals surface area contributed by atoms with E-state index in [1.54, 1.807) is 0 Å². The number of aliphatic carboxylic acids is 1. The number of hydrogen-bond donors (Lipinski definition) is 2. The maximum atomic E-state index is 12.8. The predicted octanol–water partition coefficient (Wildman–Crippen LogP) is 19.7. The van der Waals surface area contributed by atoms with Crippen molar-refractivity contribution >= 4 is 29.8 Å². The highest BCUT2D eigenvalue weighted by Gasteiger charge is 2.20. The van der Waals surface area contributed by atoms with Gasteiger partial charge in [0, 0.05) is 25.7 Å². The van der Waals surface area contributed by atoms with Crippen molar-refractivity contribution < 1.29 is 48.0 Å². The van der Waals surface area contributed by atoms with Gasteiger partial charge in [-0.25, -0.2) is 0 Å². The molecule has 0 saturated heterocycles. The number of carbonyl (C=O) groups is 5. The Hall–Kier alpha value is -2.69. The SMILES string of the molecule is CCCCCCCCCCCCCCCCCC(=O)OCC(COC(=O)CCCCCCCCCCCCCCCCC)OC(=O)CCCCCCCCCCCCCCCCC.CCCCCOC(=O)C(N)CCC(=O)O. The molecule has 0 radical (unpaired) electrons. The minimum Gasteiger partial charge on any atom is -0.481 e. The zero-order valence-electron chi connectivity index (χ0n) is 52.0.